The summed E-state index contributed by atoms with van der Waals surface area (Å²) in [5.74, 6) is -2.00. The SMILES string of the molecule is CCC(C)(C)C(=O)OC(C)(C)C(C)(O)C(F)(F)F.CCC(C)(C)C(=O)OC(CC(C)C)CC(O)(C(F)(F)F)C(F)(F)F. The van der Waals surface area contributed by atoms with Gasteiger partial charge < -0.3 is 19.7 Å². The molecule has 2 atom stereocenters. The van der Waals surface area contributed by atoms with Crippen LogP contribution in [0.1, 0.15) is 102 Å². The zero-order chi connectivity index (χ0) is 34.6. The zero-order valence-corrected chi connectivity index (χ0v) is 25.9. The highest BCUT2D eigenvalue weighted by atomic mass is 19.4. The van der Waals surface area contributed by atoms with Crippen molar-refractivity contribution in [3.8, 4) is 0 Å². The second-order valence-electron chi connectivity index (χ2n) is 12.7. The third-order valence-corrected chi connectivity index (χ3v) is 7.41. The Labute approximate surface area is 241 Å². The van der Waals surface area contributed by atoms with Crippen molar-refractivity contribution in [2.75, 3.05) is 0 Å². The first-order valence-electron chi connectivity index (χ1n) is 13.3. The highest BCUT2D eigenvalue weighted by molar-refractivity contribution is 5.76. The second kappa shape index (κ2) is 13.9. The molecule has 0 heterocycles. The van der Waals surface area contributed by atoms with Crippen molar-refractivity contribution in [2.24, 2.45) is 16.7 Å². The Hall–Kier alpha value is -1.77. The van der Waals surface area contributed by atoms with Crippen LogP contribution in [-0.4, -0.2) is 63.6 Å². The Bertz CT molecular complexity index is 872. The predicted octanol–water partition coefficient (Wildman–Crippen LogP) is 7.68. The van der Waals surface area contributed by atoms with Gasteiger partial charge in [-0.2, -0.15) is 39.5 Å². The smallest absolute Gasteiger partial charge is 0.426 e. The molecule has 0 aromatic rings. The van der Waals surface area contributed by atoms with Crippen LogP contribution in [0.2, 0.25) is 0 Å². The molecule has 252 valence electrons. The van der Waals surface area contributed by atoms with Gasteiger partial charge in [0.15, 0.2) is 5.60 Å². The summed E-state index contributed by atoms with van der Waals surface area (Å²) >= 11 is 0. The maximum atomic E-state index is 12.8. The van der Waals surface area contributed by atoms with Gasteiger partial charge in [-0.3, -0.25) is 9.59 Å². The van der Waals surface area contributed by atoms with E-state index in [1.165, 1.54) is 13.8 Å². The fourth-order valence-corrected chi connectivity index (χ4v) is 2.83. The molecule has 15 heteroatoms. The van der Waals surface area contributed by atoms with Gasteiger partial charge in [-0.05, 0) is 73.6 Å². The summed E-state index contributed by atoms with van der Waals surface area (Å²) in [5, 5.41) is 18.9. The Balaban J connectivity index is 0. The molecule has 0 aliphatic rings. The van der Waals surface area contributed by atoms with E-state index in [0.29, 0.717) is 19.8 Å². The summed E-state index contributed by atoms with van der Waals surface area (Å²) < 4.78 is 125. The van der Waals surface area contributed by atoms with Crippen LogP contribution in [0.5, 0.6) is 0 Å². The third-order valence-electron chi connectivity index (χ3n) is 7.41. The largest absolute Gasteiger partial charge is 0.462 e. The normalized spacial score (nSPS) is 16.3. The van der Waals surface area contributed by atoms with E-state index in [-0.39, 0.29) is 12.3 Å². The molecule has 2 unspecified atom stereocenters. The molecule has 0 saturated heterocycles. The lowest BCUT2D eigenvalue weighted by Crippen LogP contribution is -2.60. The number of alkyl halides is 9. The minimum Gasteiger partial charge on any atom is -0.462 e. The van der Waals surface area contributed by atoms with Gasteiger partial charge in [0.05, 0.1) is 10.8 Å². The van der Waals surface area contributed by atoms with Gasteiger partial charge in [0.25, 0.3) is 5.60 Å². The first-order valence-corrected chi connectivity index (χ1v) is 13.3. The van der Waals surface area contributed by atoms with Crippen molar-refractivity contribution >= 4 is 11.9 Å². The molecule has 0 aliphatic heterocycles. The van der Waals surface area contributed by atoms with E-state index in [4.69, 9.17) is 9.47 Å². The monoisotopic (exact) mass is 636 g/mol. The molecular weight excluding hydrogens is 591 g/mol. The standard InChI is InChI=1S/C15H24F6O3.C12H21F3O3/c1-6-12(4,5)11(22)24-10(7-9(2)3)8-13(23,14(16,17)18)15(19,20)21;1-7-9(2,3)8(16)18-10(4,5)11(6,17)12(13,14)15/h9-10,23H,6-8H2,1-5H3;17H,7H2,1-6H3. The Kier molecular flexibility index (Phi) is 14.0. The maximum Gasteiger partial charge on any atom is 0.426 e. The van der Waals surface area contributed by atoms with Crippen molar-refractivity contribution in [3.05, 3.63) is 0 Å². The van der Waals surface area contributed by atoms with Crippen molar-refractivity contribution in [2.45, 2.75) is 143 Å². The van der Waals surface area contributed by atoms with Gasteiger partial charge in [-0.1, -0.05) is 27.7 Å². The summed E-state index contributed by atoms with van der Waals surface area (Å²) in [6.45, 7) is 15.3. The average Bonchev–Trinajstić information content (AvgIpc) is 2.76. The van der Waals surface area contributed by atoms with Gasteiger partial charge in [-0.25, -0.2) is 0 Å². The summed E-state index contributed by atoms with van der Waals surface area (Å²) in [5.41, 5.74) is -12.0. The first kappa shape index (κ1) is 42.4. The van der Waals surface area contributed by atoms with E-state index in [1.54, 1.807) is 41.5 Å². The van der Waals surface area contributed by atoms with Crippen LogP contribution >= 0.6 is 0 Å². The number of esters is 2. The number of halogens is 9. The van der Waals surface area contributed by atoms with Crippen LogP contribution in [0.4, 0.5) is 39.5 Å². The number of rotatable bonds is 11. The van der Waals surface area contributed by atoms with Gasteiger partial charge in [-0.15, -0.1) is 0 Å². The molecule has 0 aliphatic carbocycles. The van der Waals surface area contributed by atoms with Crippen LogP contribution in [0.15, 0.2) is 0 Å². The van der Waals surface area contributed by atoms with Gasteiger partial charge >= 0.3 is 30.5 Å². The number of carbonyl (C=O) groups excluding carboxylic acids is 2. The molecule has 0 fully saturated rings. The Morgan fingerprint density at radius 3 is 1.31 bits per heavy atom. The van der Waals surface area contributed by atoms with Crippen LogP contribution in [0.3, 0.4) is 0 Å². The topological polar surface area (TPSA) is 93.1 Å². The number of ether oxygens (including phenoxy) is 2. The minimum atomic E-state index is -5.94. The minimum absolute atomic E-state index is 0.236. The molecule has 0 radical (unpaired) electrons. The second-order valence-corrected chi connectivity index (χ2v) is 12.7. The number of aliphatic hydroxyl groups is 2. The highest BCUT2D eigenvalue weighted by Crippen LogP contribution is 2.47. The molecule has 0 amide bonds. The van der Waals surface area contributed by atoms with E-state index >= 15 is 0 Å². The van der Waals surface area contributed by atoms with Gasteiger partial charge in [0.1, 0.15) is 11.7 Å². The first-order chi connectivity index (χ1) is 18.2. The van der Waals surface area contributed by atoms with Gasteiger partial charge in [0.2, 0.25) is 0 Å². The third kappa shape index (κ3) is 10.7. The summed E-state index contributed by atoms with van der Waals surface area (Å²) in [6, 6.07) is 0. The Morgan fingerprint density at radius 1 is 0.667 bits per heavy atom. The van der Waals surface area contributed by atoms with Crippen LogP contribution in [0.25, 0.3) is 0 Å². The molecule has 0 rings (SSSR count). The number of carbonyl (C=O) groups is 2. The summed E-state index contributed by atoms with van der Waals surface area (Å²) in [6.07, 6.45) is -19.8. The molecule has 0 spiro atoms. The molecule has 0 bridgehead atoms. The fourth-order valence-electron chi connectivity index (χ4n) is 2.83. The summed E-state index contributed by atoms with van der Waals surface area (Å²) in [4.78, 5) is 23.8. The molecule has 0 saturated carbocycles. The molecular formula is C27H45F9O6. The lowest BCUT2D eigenvalue weighted by atomic mass is 9.85. The molecule has 0 aromatic carbocycles. The maximum absolute atomic E-state index is 12.8. The van der Waals surface area contributed by atoms with E-state index in [0.717, 1.165) is 13.8 Å². The van der Waals surface area contributed by atoms with E-state index in [2.05, 4.69) is 0 Å². The van der Waals surface area contributed by atoms with Gasteiger partial charge in [0, 0.05) is 6.42 Å². The lowest BCUT2D eigenvalue weighted by molar-refractivity contribution is -0.374. The molecule has 42 heavy (non-hydrogen) atoms. The zero-order valence-electron chi connectivity index (χ0n) is 25.9. The van der Waals surface area contributed by atoms with Crippen molar-refractivity contribution in [1.82, 2.24) is 0 Å². The average molecular weight is 637 g/mol. The van der Waals surface area contributed by atoms with E-state index in [9.17, 15) is 59.3 Å². The summed E-state index contributed by atoms with van der Waals surface area (Å²) in [7, 11) is 0. The molecule has 0 aromatic heterocycles. The van der Waals surface area contributed by atoms with Crippen LogP contribution < -0.4 is 0 Å². The van der Waals surface area contributed by atoms with Crippen molar-refractivity contribution in [1.29, 1.82) is 0 Å². The molecule has 6 nitrogen and oxygen atoms in total. The predicted molar refractivity (Wildman–Crippen MR) is 136 cm³/mol. The van der Waals surface area contributed by atoms with E-state index in [1.807, 2.05) is 0 Å². The van der Waals surface area contributed by atoms with Crippen molar-refractivity contribution < 1.29 is 68.8 Å². The lowest BCUT2D eigenvalue weighted by Gasteiger charge is -2.41. The van der Waals surface area contributed by atoms with Crippen molar-refractivity contribution in [3.63, 3.8) is 0 Å². The van der Waals surface area contributed by atoms with Crippen LogP contribution in [-0.2, 0) is 19.1 Å². The van der Waals surface area contributed by atoms with E-state index < -0.39 is 70.6 Å². The Morgan fingerprint density at radius 2 is 1.02 bits per heavy atom. The number of hydrogen-bond acceptors (Lipinski definition) is 6. The highest BCUT2D eigenvalue weighted by Gasteiger charge is 2.71. The fraction of sp³-hybridized carbons (Fsp3) is 0.926. The number of hydrogen-bond donors (Lipinski definition) is 2. The quantitative estimate of drug-likeness (QED) is 0.179. The van der Waals surface area contributed by atoms with Crippen LogP contribution in [0, 0.1) is 16.7 Å². The molecule has 2 N–H and O–H groups in total.